The molecule has 17 heavy (non-hydrogen) atoms. The van der Waals surface area contributed by atoms with Crippen molar-refractivity contribution in [2.45, 2.75) is 0 Å². The van der Waals surface area contributed by atoms with Crippen molar-refractivity contribution in [1.82, 2.24) is 9.97 Å². The van der Waals surface area contributed by atoms with E-state index in [9.17, 15) is 5.11 Å². The second-order valence-corrected chi connectivity index (χ2v) is 4.69. The van der Waals surface area contributed by atoms with E-state index >= 15 is 0 Å². The zero-order chi connectivity index (χ0) is 11.8. The Kier molecular flexibility index (Phi) is 2.46. The van der Waals surface area contributed by atoms with Gasteiger partial charge in [0.15, 0.2) is 5.82 Å². The first-order valence-corrected chi connectivity index (χ1v) is 6.25. The summed E-state index contributed by atoms with van der Waals surface area (Å²) in [5.74, 6) is 0.765. The van der Waals surface area contributed by atoms with Gasteiger partial charge in [-0.25, -0.2) is 9.97 Å². The van der Waals surface area contributed by atoms with Crippen molar-refractivity contribution in [3.8, 4) is 17.1 Å². The number of thiophene rings is 1. The molecule has 0 spiro atoms. The van der Waals surface area contributed by atoms with Crippen molar-refractivity contribution in [3.05, 3.63) is 40.2 Å². The van der Waals surface area contributed by atoms with E-state index in [0.29, 0.717) is 16.4 Å². The highest BCUT2D eigenvalue weighted by atomic mass is 35.5. The number of aromatic nitrogens is 2. The minimum Gasteiger partial charge on any atom is -0.508 e. The van der Waals surface area contributed by atoms with E-state index in [1.54, 1.807) is 29.5 Å². The van der Waals surface area contributed by atoms with Crippen LogP contribution in [-0.2, 0) is 0 Å². The first-order valence-electron chi connectivity index (χ1n) is 4.93. The lowest BCUT2D eigenvalue weighted by Crippen LogP contribution is -1.90. The summed E-state index contributed by atoms with van der Waals surface area (Å²) in [6.45, 7) is 0. The molecule has 0 unspecified atom stereocenters. The van der Waals surface area contributed by atoms with Gasteiger partial charge in [0.05, 0.1) is 5.52 Å². The molecular formula is C12H7ClN2OS. The fourth-order valence-electron chi connectivity index (χ4n) is 1.60. The number of hydrogen-bond donors (Lipinski definition) is 1. The molecule has 5 heteroatoms. The molecule has 2 aromatic heterocycles. The summed E-state index contributed by atoms with van der Waals surface area (Å²) in [6, 6.07) is 6.83. The standard InChI is InChI=1S/C12H7ClN2OS/c13-11-9-5-8(16)1-2-10(9)14-12(15-11)7-3-4-17-6-7/h1-6,16H. The summed E-state index contributed by atoms with van der Waals surface area (Å²) in [4.78, 5) is 8.65. The van der Waals surface area contributed by atoms with Gasteiger partial charge in [0.25, 0.3) is 0 Å². The number of nitrogens with zero attached hydrogens (tertiary/aromatic N) is 2. The monoisotopic (exact) mass is 262 g/mol. The van der Waals surface area contributed by atoms with Gasteiger partial charge in [0.2, 0.25) is 0 Å². The fraction of sp³-hybridized carbons (Fsp3) is 0. The van der Waals surface area contributed by atoms with E-state index in [2.05, 4.69) is 9.97 Å². The maximum Gasteiger partial charge on any atom is 0.162 e. The van der Waals surface area contributed by atoms with E-state index < -0.39 is 0 Å². The van der Waals surface area contributed by atoms with Crippen molar-refractivity contribution in [2.75, 3.05) is 0 Å². The quantitative estimate of drug-likeness (QED) is 0.680. The third kappa shape index (κ3) is 1.85. The van der Waals surface area contributed by atoms with Crippen molar-refractivity contribution >= 4 is 33.8 Å². The van der Waals surface area contributed by atoms with E-state index in [4.69, 9.17) is 11.6 Å². The average Bonchev–Trinajstić information content (AvgIpc) is 2.83. The van der Waals surface area contributed by atoms with Gasteiger partial charge in [-0.15, -0.1) is 0 Å². The lowest BCUT2D eigenvalue weighted by molar-refractivity contribution is 0.476. The minimum atomic E-state index is 0.159. The summed E-state index contributed by atoms with van der Waals surface area (Å²) < 4.78 is 0. The zero-order valence-corrected chi connectivity index (χ0v) is 10.2. The molecule has 0 aliphatic rings. The van der Waals surface area contributed by atoms with Gasteiger partial charge in [-0.05, 0) is 29.6 Å². The third-order valence-electron chi connectivity index (χ3n) is 2.41. The number of aromatic hydroxyl groups is 1. The summed E-state index contributed by atoms with van der Waals surface area (Å²) >= 11 is 7.68. The second kappa shape index (κ2) is 3.98. The molecule has 0 aliphatic heterocycles. The highest BCUT2D eigenvalue weighted by molar-refractivity contribution is 7.08. The second-order valence-electron chi connectivity index (χ2n) is 3.55. The van der Waals surface area contributed by atoms with Crippen molar-refractivity contribution in [2.24, 2.45) is 0 Å². The van der Waals surface area contributed by atoms with Gasteiger partial charge in [-0.1, -0.05) is 11.6 Å². The molecule has 0 bridgehead atoms. The first kappa shape index (κ1) is 10.5. The van der Waals surface area contributed by atoms with E-state index in [-0.39, 0.29) is 5.75 Å². The molecule has 3 rings (SSSR count). The molecule has 0 fully saturated rings. The summed E-state index contributed by atoms with van der Waals surface area (Å²) in [7, 11) is 0. The van der Waals surface area contributed by atoms with Crippen LogP contribution in [0, 0.1) is 0 Å². The minimum absolute atomic E-state index is 0.159. The van der Waals surface area contributed by atoms with Gasteiger partial charge in [-0.3, -0.25) is 0 Å². The van der Waals surface area contributed by atoms with Gasteiger partial charge < -0.3 is 5.11 Å². The number of phenols is 1. The maximum atomic E-state index is 9.40. The summed E-state index contributed by atoms with van der Waals surface area (Å²) in [5, 5.41) is 14.3. The fourth-order valence-corrected chi connectivity index (χ4v) is 2.47. The van der Waals surface area contributed by atoms with Crippen LogP contribution >= 0.6 is 22.9 Å². The Bertz CT molecular complexity index is 682. The summed E-state index contributed by atoms with van der Waals surface area (Å²) in [5.41, 5.74) is 1.68. The van der Waals surface area contributed by atoms with Gasteiger partial charge >= 0.3 is 0 Å². The number of benzene rings is 1. The predicted octanol–water partition coefficient (Wildman–Crippen LogP) is 3.72. The Hall–Kier alpha value is -1.65. The van der Waals surface area contributed by atoms with Crippen LogP contribution in [0.1, 0.15) is 0 Å². The SMILES string of the molecule is Oc1ccc2nc(-c3ccsc3)nc(Cl)c2c1. The normalized spacial score (nSPS) is 10.9. The highest BCUT2D eigenvalue weighted by Gasteiger charge is 2.08. The number of rotatable bonds is 1. The smallest absolute Gasteiger partial charge is 0.162 e. The van der Waals surface area contributed by atoms with Crippen molar-refractivity contribution < 1.29 is 5.11 Å². The van der Waals surface area contributed by atoms with Crippen LogP contribution in [0.15, 0.2) is 35.0 Å². The zero-order valence-electron chi connectivity index (χ0n) is 8.59. The molecule has 1 N–H and O–H groups in total. The van der Waals surface area contributed by atoms with Crippen LogP contribution in [0.5, 0.6) is 5.75 Å². The molecule has 2 heterocycles. The Morgan fingerprint density at radius 3 is 2.82 bits per heavy atom. The van der Waals surface area contributed by atoms with Crippen LogP contribution in [-0.4, -0.2) is 15.1 Å². The highest BCUT2D eigenvalue weighted by Crippen LogP contribution is 2.28. The Labute approximate surface area is 106 Å². The molecule has 0 atom stereocenters. The number of phenolic OH excluding ortho intramolecular Hbond substituents is 1. The van der Waals surface area contributed by atoms with E-state index in [1.165, 1.54) is 0 Å². The molecule has 0 saturated carbocycles. The largest absolute Gasteiger partial charge is 0.508 e. The predicted molar refractivity (Wildman–Crippen MR) is 69.5 cm³/mol. The van der Waals surface area contributed by atoms with E-state index in [1.807, 2.05) is 16.8 Å². The molecule has 3 aromatic rings. The Morgan fingerprint density at radius 1 is 1.18 bits per heavy atom. The lowest BCUT2D eigenvalue weighted by Gasteiger charge is -2.03. The molecule has 0 radical (unpaired) electrons. The van der Waals surface area contributed by atoms with Gasteiger partial charge in [-0.2, -0.15) is 11.3 Å². The molecule has 0 aliphatic carbocycles. The third-order valence-corrected chi connectivity index (χ3v) is 3.38. The maximum absolute atomic E-state index is 9.40. The van der Waals surface area contributed by atoms with Crippen LogP contribution in [0.3, 0.4) is 0 Å². The van der Waals surface area contributed by atoms with Crippen LogP contribution < -0.4 is 0 Å². The Balaban J connectivity index is 2.28. The molecule has 0 saturated heterocycles. The molecule has 1 aromatic carbocycles. The van der Waals surface area contributed by atoms with E-state index in [0.717, 1.165) is 11.1 Å². The average molecular weight is 263 g/mol. The number of halogens is 1. The molecule has 0 amide bonds. The van der Waals surface area contributed by atoms with Crippen LogP contribution in [0.25, 0.3) is 22.3 Å². The lowest BCUT2D eigenvalue weighted by atomic mass is 10.2. The Morgan fingerprint density at radius 2 is 2.06 bits per heavy atom. The first-order chi connectivity index (χ1) is 8.24. The van der Waals surface area contributed by atoms with Crippen molar-refractivity contribution in [1.29, 1.82) is 0 Å². The molecule has 3 nitrogen and oxygen atoms in total. The van der Waals surface area contributed by atoms with Gasteiger partial charge in [0.1, 0.15) is 10.9 Å². The van der Waals surface area contributed by atoms with Crippen LogP contribution in [0.4, 0.5) is 0 Å². The molecule has 84 valence electrons. The molecular weight excluding hydrogens is 256 g/mol. The topological polar surface area (TPSA) is 46.0 Å². The number of hydrogen-bond acceptors (Lipinski definition) is 4. The van der Waals surface area contributed by atoms with Crippen LogP contribution in [0.2, 0.25) is 5.15 Å². The van der Waals surface area contributed by atoms with Gasteiger partial charge in [0, 0.05) is 16.3 Å². The summed E-state index contributed by atoms with van der Waals surface area (Å²) in [6.07, 6.45) is 0. The number of fused-ring (bicyclic) bond motifs is 1. The van der Waals surface area contributed by atoms with Crippen molar-refractivity contribution in [3.63, 3.8) is 0 Å².